The van der Waals surface area contributed by atoms with Crippen molar-refractivity contribution in [2.75, 3.05) is 0 Å². The second-order valence-corrected chi connectivity index (χ2v) is 8.08. The van der Waals surface area contributed by atoms with Crippen LogP contribution in [0.1, 0.15) is 17.0 Å². The number of halogens is 3. The molecule has 0 fully saturated rings. The number of aryl methyl sites for hydroxylation is 1. The largest absolute Gasteiger partial charge is 0.298 e. The van der Waals surface area contributed by atoms with Crippen LogP contribution in [-0.2, 0) is 11.5 Å². The number of aromatic nitrogens is 2. The Hall–Kier alpha value is -0.490. The lowest BCUT2D eigenvalue weighted by atomic mass is 10.2. The van der Waals surface area contributed by atoms with Gasteiger partial charge in [0.05, 0.1) is 16.4 Å². The van der Waals surface area contributed by atoms with Gasteiger partial charge in [-0.05, 0) is 62.5 Å². The third-order valence-electron chi connectivity index (χ3n) is 3.41. The third kappa shape index (κ3) is 3.37. The Morgan fingerprint density at radius 2 is 1.86 bits per heavy atom. The maximum atomic E-state index is 5.91. The van der Waals surface area contributed by atoms with Gasteiger partial charge in [-0.15, -0.1) is 0 Å². The quantitative estimate of drug-likeness (QED) is 0.458. The van der Waals surface area contributed by atoms with Gasteiger partial charge < -0.3 is 0 Å². The number of thioether (sulfide) groups is 1. The lowest BCUT2D eigenvalue weighted by molar-refractivity contribution is 1.01. The second kappa shape index (κ2) is 6.95. The van der Waals surface area contributed by atoms with Crippen molar-refractivity contribution in [3.05, 3.63) is 67.4 Å². The van der Waals surface area contributed by atoms with Gasteiger partial charge >= 0.3 is 0 Å². The molecule has 0 aliphatic heterocycles. The molecule has 0 saturated heterocycles. The molecule has 0 atom stereocenters. The molecule has 0 N–H and O–H groups in total. The highest BCUT2D eigenvalue weighted by atomic mass is 79.9. The van der Waals surface area contributed by atoms with E-state index in [1.54, 1.807) is 0 Å². The second-order valence-electron chi connectivity index (χ2n) is 4.95. The van der Waals surface area contributed by atoms with E-state index in [-0.39, 0.29) is 0 Å². The van der Waals surface area contributed by atoms with Crippen molar-refractivity contribution in [1.29, 1.82) is 0 Å². The minimum Gasteiger partial charge on any atom is -0.298 e. The Balaban J connectivity index is 1.78. The van der Waals surface area contributed by atoms with E-state index in [1.165, 1.54) is 11.3 Å². The van der Waals surface area contributed by atoms with Crippen molar-refractivity contribution >= 4 is 60.9 Å². The fourth-order valence-corrected chi connectivity index (χ4v) is 4.56. The van der Waals surface area contributed by atoms with Gasteiger partial charge in [0.25, 0.3) is 0 Å². The minimum absolute atomic E-state index is 0.779. The molecule has 2 nitrogen and oxygen atoms in total. The van der Waals surface area contributed by atoms with Gasteiger partial charge in [0.15, 0.2) is 5.65 Å². The highest BCUT2D eigenvalue weighted by Crippen LogP contribution is 2.28. The van der Waals surface area contributed by atoms with Crippen LogP contribution in [0.5, 0.6) is 0 Å². The Morgan fingerprint density at radius 3 is 2.59 bits per heavy atom. The summed E-state index contributed by atoms with van der Waals surface area (Å²) in [5.74, 6) is 1.87. The van der Waals surface area contributed by atoms with Crippen molar-refractivity contribution < 1.29 is 0 Å². The number of benzene rings is 1. The van der Waals surface area contributed by atoms with Crippen LogP contribution in [-0.4, -0.2) is 9.38 Å². The van der Waals surface area contributed by atoms with Crippen LogP contribution in [0.15, 0.2) is 45.5 Å². The van der Waals surface area contributed by atoms with E-state index in [0.717, 1.165) is 36.8 Å². The zero-order valence-electron chi connectivity index (χ0n) is 11.8. The molecule has 0 amide bonds. The third-order valence-corrected chi connectivity index (χ3v) is 6.09. The van der Waals surface area contributed by atoms with E-state index in [9.17, 15) is 0 Å². The van der Waals surface area contributed by atoms with Gasteiger partial charge in [-0.2, -0.15) is 11.8 Å². The Bertz CT molecular complexity index is 815. The van der Waals surface area contributed by atoms with Crippen molar-refractivity contribution in [2.45, 2.75) is 18.4 Å². The van der Waals surface area contributed by atoms with Crippen molar-refractivity contribution in [3.63, 3.8) is 0 Å². The van der Waals surface area contributed by atoms with Crippen LogP contribution in [0.2, 0.25) is 5.02 Å². The Morgan fingerprint density at radius 1 is 1.14 bits per heavy atom. The highest BCUT2D eigenvalue weighted by molar-refractivity contribution is 9.11. The molecule has 0 saturated carbocycles. The van der Waals surface area contributed by atoms with Crippen molar-refractivity contribution in [2.24, 2.45) is 0 Å². The summed E-state index contributed by atoms with van der Waals surface area (Å²) in [5.41, 5.74) is 4.61. The van der Waals surface area contributed by atoms with Gasteiger partial charge in [0.2, 0.25) is 0 Å². The molecular formula is C16H13Br2ClN2S. The summed E-state index contributed by atoms with van der Waals surface area (Å²) in [6.45, 7) is 2.10. The smallest absolute Gasteiger partial charge is 0.151 e. The van der Waals surface area contributed by atoms with Crippen LogP contribution in [0.3, 0.4) is 0 Å². The highest BCUT2D eigenvalue weighted by Gasteiger charge is 2.11. The topological polar surface area (TPSA) is 17.3 Å². The van der Waals surface area contributed by atoms with Crippen LogP contribution in [0.25, 0.3) is 5.65 Å². The standard InChI is InChI=1S/C16H13Br2ClN2S/c1-10-14(17)6-15(18)16-20-7-13(21(10)16)9-22-8-11-2-4-12(19)5-3-11/h2-7H,8-9H2,1H3. The molecule has 2 aromatic heterocycles. The average Bonchev–Trinajstić information content (AvgIpc) is 2.92. The van der Waals surface area contributed by atoms with Crippen molar-refractivity contribution in [1.82, 2.24) is 9.38 Å². The van der Waals surface area contributed by atoms with E-state index in [1.807, 2.05) is 36.2 Å². The fraction of sp³-hybridized carbons (Fsp3) is 0.188. The molecule has 0 radical (unpaired) electrons. The average molecular weight is 461 g/mol. The van der Waals surface area contributed by atoms with E-state index < -0.39 is 0 Å². The normalized spacial score (nSPS) is 11.3. The van der Waals surface area contributed by atoms with Gasteiger partial charge in [-0.1, -0.05) is 23.7 Å². The fourth-order valence-electron chi connectivity index (χ4n) is 2.27. The number of imidazole rings is 1. The van der Waals surface area contributed by atoms with Gasteiger partial charge in [0, 0.05) is 26.7 Å². The van der Waals surface area contributed by atoms with E-state index >= 15 is 0 Å². The molecule has 6 heteroatoms. The van der Waals surface area contributed by atoms with E-state index in [0.29, 0.717) is 0 Å². The first-order valence-electron chi connectivity index (χ1n) is 6.69. The monoisotopic (exact) mass is 458 g/mol. The summed E-state index contributed by atoms with van der Waals surface area (Å²) in [7, 11) is 0. The summed E-state index contributed by atoms with van der Waals surface area (Å²) in [5, 5.41) is 0.779. The molecule has 0 bridgehead atoms. The van der Waals surface area contributed by atoms with Crippen molar-refractivity contribution in [3.8, 4) is 0 Å². The lowest BCUT2D eigenvalue weighted by Gasteiger charge is -2.09. The first-order chi connectivity index (χ1) is 10.6. The van der Waals surface area contributed by atoms with Crippen LogP contribution in [0, 0.1) is 6.92 Å². The molecule has 114 valence electrons. The predicted molar refractivity (Wildman–Crippen MR) is 102 cm³/mol. The first-order valence-corrected chi connectivity index (χ1v) is 9.81. The summed E-state index contributed by atoms with van der Waals surface area (Å²) < 4.78 is 4.27. The van der Waals surface area contributed by atoms with E-state index in [4.69, 9.17) is 11.6 Å². The molecule has 0 unspecified atom stereocenters. The number of rotatable bonds is 4. The molecular weight excluding hydrogens is 448 g/mol. The number of hydrogen-bond acceptors (Lipinski definition) is 2. The summed E-state index contributed by atoms with van der Waals surface area (Å²) in [4.78, 5) is 4.52. The molecule has 3 rings (SSSR count). The maximum absolute atomic E-state index is 5.91. The summed E-state index contributed by atoms with van der Waals surface area (Å²) in [6, 6.07) is 10.1. The number of fused-ring (bicyclic) bond motifs is 1. The Kier molecular flexibility index (Phi) is 5.17. The SMILES string of the molecule is Cc1c(Br)cc(Br)c2ncc(CSCc3ccc(Cl)cc3)n12. The first kappa shape index (κ1) is 16.4. The van der Waals surface area contributed by atoms with Crippen LogP contribution >= 0.6 is 55.2 Å². The zero-order valence-corrected chi connectivity index (χ0v) is 16.6. The maximum Gasteiger partial charge on any atom is 0.151 e. The Labute approximate surface area is 155 Å². The number of pyridine rings is 1. The predicted octanol–water partition coefficient (Wildman–Crippen LogP) is 6.25. The van der Waals surface area contributed by atoms with Gasteiger partial charge in [-0.25, -0.2) is 4.98 Å². The molecule has 22 heavy (non-hydrogen) atoms. The number of nitrogens with zero attached hydrogens (tertiary/aromatic N) is 2. The van der Waals surface area contributed by atoms with Crippen LogP contribution in [0.4, 0.5) is 0 Å². The van der Waals surface area contributed by atoms with Gasteiger partial charge in [-0.3, -0.25) is 4.40 Å². The minimum atomic E-state index is 0.779. The molecule has 3 aromatic rings. The summed E-state index contributed by atoms with van der Waals surface area (Å²) >= 11 is 15.0. The molecule has 0 aliphatic carbocycles. The molecule has 1 aromatic carbocycles. The number of hydrogen-bond donors (Lipinski definition) is 0. The molecule has 0 aliphatic rings. The van der Waals surface area contributed by atoms with Crippen LogP contribution < -0.4 is 0 Å². The molecule has 0 spiro atoms. The summed E-state index contributed by atoms with van der Waals surface area (Å²) in [6.07, 6.45) is 1.95. The van der Waals surface area contributed by atoms with E-state index in [2.05, 4.69) is 60.3 Å². The lowest BCUT2D eigenvalue weighted by Crippen LogP contribution is -1.98. The zero-order chi connectivity index (χ0) is 15.7. The molecule has 2 heterocycles. The van der Waals surface area contributed by atoms with Gasteiger partial charge in [0.1, 0.15) is 0 Å².